The molecule has 162 valence electrons. The van der Waals surface area contributed by atoms with Crippen LogP contribution < -0.4 is 5.32 Å². The molecule has 0 spiro atoms. The monoisotopic (exact) mass is 420 g/mol. The molecule has 7 nitrogen and oxygen atoms in total. The van der Waals surface area contributed by atoms with Crippen LogP contribution >= 0.6 is 0 Å². The fraction of sp³-hybridized carbons (Fsp3) is 0.417. The summed E-state index contributed by atoms with van der Waals surface area (Å²) in [6.07, 6.45) is 10.9. The van der Waals surface area contributed by atoms with E-state index in [0.717, 1.165) is 30.5 Å². The highest BCUT2D eigenvalue weighted by Crippen LogP contribution is 2.30. The van der Waals surface area contributed by atoms with Crippen LogP contribution in [-0.4, -0.2) is 38.4 Å². The number of aromatic nitrogens is 2. The zero-order valence-electron chi connectivity index (χ0n) is 18.0. The van der Waals surface area contributed by atoms with Gasteiger partial charge < -0.3 is 4.90 Å². The van der Waals surface area contributed by atoms with Crippen molar-refractivity contribution >= 4 is 23.8 Å². The van der Waals surface area contributed by atoms with Gasteiger partial charge in [0.25, 0.3) is 5.91 Å². The first-order valence-electron chi connectivity index (χ1n) is 10.9. The first-order chi connectivity index (χ1) is 14.9. The molecule has 7 heteroatoms. The second kappa shape index (κ2) is 8.88. The summed E-state index contributed by atoms with van der Waals surface area (Å²) < 4.78 is 1.98. The summed E-state index contributed by atoms with van der Waals surface area (Å²) in [7, 11) is 0. The third kappa shape index (κ3) is 4.60. The van der Waals surface area contributed by atoms with Crippen LogP contribution in [0.4, 0.5) is 0 Å². The lowest BCUT2D eigenvalue weighted by Gasteiger charge is -2.29. The Balaban J connectivity index is 1.39. The number of nitrogens with zero attached hydrogens (tertiary/aromatic N) is 3. The van der Waals surface area contributed by atoms with Crippen LogP contribution in [0.25, 0.3) is 6.08 Å². The molecule has 2 atom stereocenters. The van der Waals surface area contributed by atoms with Gasteiger partial charge in [-0.05, 0) is 54.9 Å². The van der Waals surface area contributed by atoms with E-state index < -0.39 is 6.04 Å². The number of aryl methyl sites for hydroxylation is 2. The summed E-state index contributed by atoms with van der Waals surface area (Å²) in [4.78, 5) is 38.2. The van der Waals surface area contributed by atoms with Crippen molar-refractivity contribution in [2.24, 2.45) is 5.92 Å². The van der Waals surface area contributed by atoms with Gasteiger partial charge in [-0.2, -0.15) is 5.10 Å². The minimum absolute atomic E-state index is 0.137. The maximum Gasteiger partial charge on any atom is 0.255 e. The van der Waals surface area contributed by atoms with Gasteiger partial charge in [-0.3, -0.25) is 24.4 Å². The van der Waals surface area contributed by atoms with Crippen molar-refractivity contribution in [1.29, 1.82) is 0 Å². The molecule has 1 aromatic heterocycles. The van der Waals surface area contributed by atoms with Crippen LogP contribution in [0.5, 0.6) is 0 Å². The number of allylic oxidation sites excluding steroid dienone is 1. The van der Waals surface area contributed by atoms with Gasteiger partial charge in [0.15, 0.2) is 0 Å². The van der Waals surface area contributed by atoms with E-state index in [0.29, 0.717) is 24.4 Å². The fourth-order valence-corrected chi connectivity index (χ4v) is 4.29. The SMILES string of the molecule is Cc1cnn(CCCC(C)/C=C/c2cccc3c2CN(C2CCC(=O)NC2=O)C3=O)c1. The number of piperidine rings is 1. The van der Waals surface area contributed by atoms with Gasteiger partial charge in [-0.1, -0.05) is 31.2 Å². The third-order valence-corrected chi connectivity index (χ3v) is 6.03. The van der Waals surface area contributed by atoms with Gasteiger partial charge in [-0.15, -0.1) is 0 Å². The van der Waals surface area contributed by atoms with Crippen LogP contribution in [0.2, 0.25) is 0 Å². The number of rotatable bonds is 7. The molecule has 0 bridgehead atoms. The average molecular weight is 421 g/mol. The number of carbonyl (C=O) groups is 3. The minimum atomic E-state index is -0.584. The summed E-state index contributed by atoms with van der Waals surface area (Å²) >= 11 is 0. The van der Waals surface area contributed by atoms with Crippen LogP contribution in [0.15, 0.2) is 36.7 Å². The first kappa shape index (κ1) is 21.0. The number of carbonyl (C=O) groups excluding carboxylic acids is 3. The zero-order chi connectivity index (χ0) is 22.0. The number of nitrogens with one attached hydrogen (secondary N) is 1. The standard InChI is InChI=1S/C24H28N4O3/c1-16(5-4-12-27-14-17(2)13-25-27)8-9-18-6-3-7-19-20(18)15-28(24(19)31)21-10-11-22(29)26-23(21)30/h3,6-9,13-14,16,21H,4-5,10-12,15H2,1-2H3,(H,26,29,30)/b9-8+. The van der Waals surface area contributed by atoms with E-state index in [1.807, 2.05) is 36.0 Å². The summed E-state index contributed by atoms with van der Waals surface area (Å²) in [6.45, 7) is 5.53. The van der Waals surface area contributed by atoms with E-state index in [1.54, 1.807) is 4.90 Å². The number of benzene rings is 1. The molecule has 2 unspecified atom stereocenters. The molecule has 1 N–H and O–H groups in total. The normalized spacial score (nSPS) is 19.7. The van der Waals surface area contributed by atoms with Crippen LogP contribution in [-0.2, 0) is 22.7 Å². The Bertz CT molecular complexity index is 1040. The van der Waals surface area contributed by atoms with Crippen LogP contribution in [0, 0.1) is 12.8 Å². The van der Waals surface area contributed by atoms with E-state index in [2.05, 4.69) is 35.7 Å². The minimum Gasteiger partial charge on any atom is -0.322 e. The van der Waals surface area contributed by atoms with Crippen molar-refractivity contribution < 1.29 is 14.4 Å². The third-order valence-electron chi connectivity index (χ3n) is 6.03. The Morgan fingerprint density at radius 1 is 1.29 bits per heavy atom. The Morgan fingerprint density at radius 2 is 2.13 bits per heavy atom. The number of hydrogen-bond donors (Lipinski definition) is 1. The molecule has 2 aliphatic heterocycles. The van der Waals surface area contributed by atoms with Gasteiger partial charge in [0.05, 0.1) is 6.20 Å². The van der Waals surface area contributed by atoms with Crippen molar-refractivity contribution in [2.45, 2.75) is 58.7 Å². The molecule has 4 rings (SSSR count). The Hall–Kier alpha value is -3.22. The molecule has 2 aromatic rings. The maximum atomic E-state index is 12.9. The van der Waals surface area contributed by atoms with Crippen molar-refractivity contribution in [1.82, 2.24) is 20.0 Å². The molecule has 0 radical (unpaired) electrons. The van der Waals surface area contributed by atoms with Gasteiger partial charge in [0, 0.05) is 31.3 Å². The van der Waals surface area contributed by atoms with E-state index in [4.69, 9.17) is 0 Å². The van der Waals surface area contributed by atoms with Crippen molar-refractivity contribution in [3.8, 4) is 0 Å². The highest BCUT2D eigenvalue weighted by Gasteiger charge is 2.39. The number of amides is 3. The topological polar surface area (TPSA) is 84.3 Å². The van der Waals surface area contributed by atoms with E-state index >= 15 is 0 Å². The second-order valence-electron chi connectivity index (χ2n) is 8.53. The number of hydrogen-bond acceptors (Lipinski definition) is 4. The predicted molar refractivity (Wildman–Crippen MR) is 117 cm³/mol. The molecule has 2 aliphatic rings. The molecule has 1 saturated heterocycles. The summed E-state index contributed by atoms with van der Waals surface area (Å²) in [5.41, 5.74) is 3.78. The van der Waals surface area contributed by atoms with Crippen molar-refractivity contribution in [2.75, 3.05) is 0 Å². The van der Waals surface area contributed by atoms with Crippen LogP contribution in [0.3, 0.4) is 0 Å². The molecule has 3 amide bonds. The molecular formula is C24H28N4O3. The molecular weight excluding hydrogens is 392 g/mol. The summed E-state index contributed by atoms with van der Waals surface area (Å²) in [5.74, 6) is -0.389. The average Bonchev–Trinajstić information content (AvgIpc) is 3.30. The second-order valence-corrected chi connectivity index (χ2v) is 8.53. The lowest BCUT2D eigenvalue weighted by molar-refractivity contribution is -0.136. The largest absolute Gasteiger partial charge is 0.322 e. The number of imide groups is 1. The maximum absolute atomic E-state index is 12.9. The smallest absolute Gasteiger partial charge is 0.255 e. The molecule has 1 aromatic carbocycles. The fourth-order valence-electron chi connectivity index (χ4n) is 4.29. The van der Waals surface area contributed by atoms with Crippen LogP contribution in [0.1, 0.15) is 59.7 Å². The molecule has 3 heterocycles. The Labute approximate surface area is 182 Å². The van der Waals surface area contributed by atoms with E-state index in [9.17, 15) is 14.4 Å². The highest BCUT2D eigenvalue weighted by molar-refractivity contribution is 6.05. The molecule has 0 saturated carbocycles. The summed E-state index contributed by atoms with van der Waals surface area (Å²) in [5, 5.41) is 6.67. The summed E-state index contributed by atoms with van der Waals surface area (Å²) in [6, 6.07) is 5.13. The Kier molecular flexibility index (Phi) is 6.02. The Morgan fingerprint density at radius 3 is 2.87 bits per heavy atom. The predicted octanol–water partition coefficient (Wildman–Crippen LogP) is 3.08. The van der Waals surface area contributed by atoms with Crippen molar-refractivity contribution in [3.63, 3.8) is 0 Å². The van der Waals surface area contributed by atoms with Gasteiger partial charge in [0.1, 0.15) is 6.04 Å². The first-order valence-corrected chi connectivity index (χ1v) is 10.9. The van der Waals surface area contributed by atoms with Gasteiger partial charge in [0.2, 0.25) is 11.8 Å². The lowest BCUT2D eigenvalue weighted by Crippen LogP contribution is -2.52. The number of fused-ring (bicyclic) bond motifs is 1. The quantitative estimate of drug-likeness (QED) is 0.698. The van der Waals surface area contributed by atoms with E-state index in [-0.39, 0.29) is 24.1 Å². The zero-order valence-corrected chi connectivity index (χ0v) is 18.0. The van der Waals surface area contributed by atoms with Crippen molar-refractivity contribution in [3.05, 3.63) is 58.9 Å². The highest BCUT2D eigenvalue weighted by atomic mass is 16.2. The molecule has 1 fully saturated rings. The lowest BCUT2D eigenvalue weighted by atomic mass is 9.99. The molecule has 0 aliphatic carbocycles. The van der Waals surface area contributed by atoms with Gasteiger partial charge in [-0.25, -0.2) is 0 Å². The van der Waals surface area contributed by atoms with E-state index in [1.165, 1.54) is 5.56 Å². The van der Waals surface area contributed by atoms with Gasteiger partial charge >= 0.3 is 0 Å². The molecule has 31 heavy (non-hydrogen) atoms.